The minimum Gasteiger partial charge on any atom is -0.508 e. The fourth-order valence-corrected chi connectivity index (χ4v) is 3.59. The molecule has 5 unspecified atom stereocenters. The third-order valence-corrected chi connectivity index (χ3v) is 5.88. The molecule has 37 heavy (non-hydrogen) atoms. The Morgan fingerprint density at radius 2 is 1.46 bits per heavy atom. The molecule has 0 aliphatic carbocycles. The maximum atomic E-state index is 13.1. The number of rotatable bonds is 15. The van der Waals surface area contributed by atoms with E-state index in [1.54, 1.807) is 13.8 Å². The highest BCUT2D eigenvalue weighted by atomic mass is 16.4. The summed E-state index contributed by atoms with van der Waals surface area (Å²) in [5.74, 6) is -4.62. The second kappa shape index (κ2) is 14.8. The van der Waals surface area contributed by atoms with E-state index in [1.165, 1.54) is 24.3 Å². The zero-order valence-electron chi connectivity index (χ0n) is 21.7. The lowest BCUT2D eigenvalue weighted by atomic mass is 9.96. The van der Waals surface area contributed by atoms with Gasteiger partial charge in [-0.2, -0.15) is 0 Å². The average Bonchev–Trinajstić information content (AvgIpc) is 2.81. The number of aromatic hydroxyl groups is 1. The van der Waals surface area contributed by atoms with Gasteiger partial charge in [-0.05, 0) is 36.0 Å². The summed E-state index contributed by atoms with van der Waals surface area (Å²) in [7, 11) is 0. The van der Waals surface area contributed by atoms with Crippen LogP contribution in [0, 0.1) is 11.8 Å². The van der Waals surface area contributed by atoms with Gasteiger partial charge in [0.25, 0.3) is 0 Å². The number of carbonyl (C=O) groups excluding carboxylic acids is 4. The number of nitrogens with one attached hydrogen (secondary N) is 3. The largest absolute Gasteiger partial charge is 0.508 e. The summed E-state index contributed by atoms with van der Waals surface area (Å²) in [5.41, 5.74) is 11.7. The summed E-state index contributed by atoms with van der Waals surface area (Å²) in [5, 5.41) is 26.5. The molecule has 0 saturated carbocycles. The Morgan fingerprint density at radius 1 is 0.892 bits per heavy atom. The topological polar surface area (TPSA) is 214 Å². The second-order valence-electron chi connectivity index (χ2n) is 9.61. The van der Waals surface area contributed by atoms with Gasteiger partial charge in [0.05, 0.1) is 12.5 Å². The van der Waals surface area contributed by atoms with Crippen LogP contribution < -0.4 is 27.4 Å². The van der Waals surface area contributed by atoms with Crippen LogP contribution in [0.2, 0.25) is 0 Å². The Bertz CT molecular complexity index is 951. The Hall–Kier alpha value is -3.67. The molecule has 206 valence electrons. The van der Waals surface area contributed by atoms with Crippen LogP contribution in [0.4, 0.5) is 0 Å². The monoisotopic (exact) mass is 521 g/mol. The van der Waals surface area contributed by atoms with E-state index >= 15 is 0 Å². The summed E-state index contributed by atoms with van der Waals surface area (Å²) in [6, 6.07) is 1.13. The number of carboxylic acids is 1. The molecule has 9 N–H and O–H groups in total. The Morgan fingerprint density at radius 3 is 1.95 bits per heavy atom. The highest BCUT2D eigenvalue weighted by Crippen LogP contribution is 2.13. The molecule has 0 heterocycles. The fraction of sp³-hybridized carbons (Fsp3) is 0.560. The number of nitrogens with two attached hydrogens (primary N) is 2. The number of hydrogen-bond acceptors (Lipinski definition) is 7. The van der Waals surface area contributed by atoms with Crippen LogP contribution in [-0.4, -0.2) is 64.0 Å². The van der Waals surface area contributed by atoms with Gasteiger partial charge in [0.2, 0.25) is 23.6 Å². The lowest BCUT2D eigenvalue weighted by Gasteiger charge is -2.28. The standard InChI is InChI=1S/C25H39N5O7/c1-5-14(4)21(24(35)29-19(25(36)37)11-15-6-8-16(31)9-7-15)30-23(34)18(12-20(27)32)28-22(33)17(26)10-13(2)3/h6-9,13-14,17-19,21,31H,5,10-12,26H2,1-4H3,(H2,27,32)(H,28,33)(H,29,35)(H,30,34)(H,36,37). The maximum Gasteiger partial charge on any atom is 0.326 e. The summed E-state index contributed by atoms with van der Waals surface area (Å²) >= 11 is 0. The minimum atomic E-state index is -1.37. The quantitative estimate of drug-likeness (QED) is 0.163. The first-order chi connectivity index (χ1) is 17.2. The second-order valence-corrected chi connectivity index (χ2v) is 9.61. The first kappa shape index (κ1) is 31.4. The molecule has 1 aromatic rings. The first-order valence-electron chi connectivity index (χ1n) is 12.2. The molecule has 1 aromatic carbocycles. The van der Waals surface area contributed by atoms with Crippen LogP contribution in [0.15, 0.2) is 24.3 Å². The van der Waals surface area contributed by atoms with Crippen LogP contribution in [0.25, 0.3) is 0 Å². The molecule has 0 aliphatic heterocycles. The molecule has 0 bridgehead atoms. The number of amides is 4. The predicted molar refractivity (Wildman–Crippen MR) is 136 cm³/mol. The van der Waals surface area contributed by atoms with E-state index in [4.69, 9.17) is 11.5 Å². The Labute approximate surface area is 216 Å². The number of primary amides is 1. The first-order valence-corrected chi connectivity index (χ1v) is 12.2. The van der Waals surface area contributed by atoms with Crippen LogP contribution in [0.1, 0.15) is 52.5 Å². The lowest BCUT2D eigenvalue weighted by Crippen LogP contribution is -2.59. The molecule has 0 radical (unpaired) electrons. The van der Waals surface area contributed by atoms with Crippen molar-refractivity contribution in [2.45, 2.75) is 77.5 Å². The number of phenols is 1. The van der Waals surface area contributed by atoms with Gasteiger partial charge in [-0.1, -0.05) is 46.2 Å². The molecule has 1 rings (SSSR count). The lowest BCUT2D eigenvalue weighted by molar-refractivity contribution is -0.142. The normalized spacial score (nSPS) is 15.1. The Balaban J connectivity index is 3.04. The maximum absolute atomic E-state index is 13.1. The van der Waals surface area contributed by atoms with Crippen molar-refractivity contribution < 1.29 is 34.2 Å². The third kappa shape index (κ3) is 10.9. The molecule has 12 nitrogen and oxygen atoms in total. The van der Waals surface area contributed by atoms with Gasteiger partial charge in [0.15, 0.2) is 0 Å². The van der Waals surface area contributed by atoms with Gasteiger partial charge in [-0.15, -0.1) is 0 Å². The summed E-state index contributed by atoms with van der Waals surface area (Å²) in [4.78, 5) is 62.0. The molecule has 4 amide bonds. The highest BCUT2D eigenvalue weighted by molar-refractivity contribution is 5.96. The molecular weight excluding hydrogens is 482 g/mol. The van der Waals surface area contributed by atoms with Gasteiger partial charge >= 0.3 is 5.97 Å². The summed E-state index contributed by atoms with van der Waals surface area (Å²) in [6.07, 6.45) is 0.239. The molecule has 0 aliphatic rings. The van der Waals surface area contributed by atoms with Crippen molar-refractivity contribution in [1.29, 1.82) is 0 Å². The molecule has 0 fully saturated rings. The van der Waals surface area contributed by atoms with E-state index in [9.17, 15) is 34.2 Å². The third-order valence-electron chi connectivity index (χ3n) is 5.88. The molecule has 5 atom stereocenters. The average molecular weight is 522 g/mol. The Kier molecular flexibility index (Phi) is 12.5. The molecule has 12 heteroatoms. The fourth-order valence-electron chi connectivity index (χ4n) is 3.59. The SMILES string of the molecule is CCC(C)C(NC(=O)C(CC(N)=O)NC(=O)C(N)CC(C)C)C(=O)NC(Cc1ccc(O)cc1)C(=O)O. The van der Waals surface area contributed by atoms with Crippen molar-refractivity contribution in [1.82, 2.24) is 16.0 Å². The van der Waals surface area contributed by atoms with Crippen molar-refractivity contribution in [3.8, 4) is 5.75 Å². The van der Waals surface area contributed by atoms with Crippen molar-refractivity contribution in [3.05, 3.63) is 29.8 Å². The zero-order chi connectivity index (χ0) is 28.3. The summed E-state index contributed by atoms with van der Waals surface area (Å²) < 4.78 is 0. The van der Waals surface area contributed by atoms with Crippen molar-refractivity contribution in [2.24, 2.45) is 23.3 Å². The van der Waals surface area contributed by atoms with Crippen molar-refractivity contribution in [2.75, 3.05) is 0 Å². The van der Waals surface area contributed by atoms with E-state index in [1.807, 2.05) is 13.8 Å². The van der Waals surface area contributed by atoms with Crippen LogP contribution in [-0.2, 0) is 30.4 Å². The summed E-state index contributed by atoms with van der Waals surface area (Å²) in [6.45, 7) is 7.24. The van der Waals surface area contributed by atoms with Crippen LogP contribution >= 0.6 is 0 Å². The van der Waals surface area contributed by atoms with Crippen molar-refractivity contribution in [3.63, 3.8) is 0 Å². The van der Waals surface area contributed by atoms with E-state index in [-0.39, 0.29) is 18.1 Å². The van der Waals surface area contributed by atoms with Gasteiger partial charge < -0.3 is 37.6 Å². The van der Waals surface area contributed by atoms with Gasteiger partial charge in [-0.3, -0.25) is 19.2 Å². The number of carboxylic acid groups (broad SMARTS) is 1. The number of phenolic OH excluding ortho intramolecular Hbond substituents is 1. The van der Waals surface area contributed by atoms with Crippen molar-refractivity contribution >= 4 is 29.6 Å². The van der Waals surface area contributed by atoms with Gasteiger partial charge in [0.1, 0.15) is 23.9 Å². The highest BCUT2D eigenvalue weighted by Gasteiger charge is 2.33. The number of aliphatic carboxylic acids is 1. The predicted octanol–water partition coefficient (Wildman–Crippen LogP) is -0.231. The molecule has 0 spiro atoms. The van der Waals surface area contributed by atoms with Gasteiger partial charge in [-0.25, -0.2) is 4.79 Å². The van der Waals surface area contributed by atoms with Gasteiger partial charge in [0, 0.05) is 6.42 Å². The van der Waals surface area contributed by atoms with E-state index in [0.29, 0.717) is 18.4 Å². The van der Waals surface area contributed by atoms with E-state index in [0.717, 1.165) is 0 Å². The number of hydrogen-bond donors (Lipinski definition) is 7. The van der Waals surface area contributed by atoms with E-state index in [2.05, 4.69) is 16.0 Å². The number of carbonyl (C=O) groups is 5. The van der Waals surface area contributed by atoms with E-state index < -0.39 is 66.1 Å². The van der Waals surface area contributed by atoms with Crippen LogP contribution in [0.5, 0.6) is 5.75 Å². The molecule has 0 saturated heterocycles. The molecule has 0 aromatic heterocycles. The van der Waals surface area contributed by atoms with Crippen LogP contribution in [0.3, 0.4) is 0 Å². The molecular formula is C25H39N5O7. The zero-order valence-corrected chi connectivity index (χ0v) is 21.7. The smallest absolute Gasteiger partial charge is 0.326 e. The minimum absolute atomic E-state index is 0.0157. The number of benzene rings is 1.